The smallest absolute Gasteiger partial charge is 0.744 e. The molecule has 0 atom stereocenters. The van der Waals surface area contributed by atoms with E-state index >= 15 is 0 Å². The van der Waals surface area contributed by atoms with Crippen molar-refractivity contribution in [3.05, 3.63) is 42.0 Å². The Labute approximate surface area is 161 Å². The van der Waals surface area contributed by atoms with E-state index in [2.05, 4.69) is 6.92 Å². The van der Waals surface area contributed by atoms with Crippen LogP contribution in [0.3, 0.4) is 0 Å². The summed E-state index contributed by atoms with van der Waals surface area (Å²) in [4.78, 5) is -0.0558. The third kappa shape index (κ3) is 6.20. The maximum absolute atomic E-state index is 11.5. The van der Waals surface area contributed by atoms with Crippen LogP contribution >= 0.6 is 0 Å². The van der Waals surface area contributed by atoms with E-state index in [4.69, 9.17) is 0 Å². The Morgan fingerprint density at radius 1 is 0.913 bits per heavy atom. The molecule has 0 radical (unpaired) electrons. The van der Waals surface area contributed by atoms with Crippen LogP contribution in [0.2, 0.25) is 0 Å². The van der Waals surface area contributed by atoms with E-state index in [0.717, 1.165) is 23.6 Å². The zero-order chi connectivity index (χ0) is 16.0. The summed E-state index contributed by atoms with van der Waals surface area (Å²) in [5.41, 5.74) is 0.657. The van der Waals surface area contributed by atoms with Crippen molar-refractivity contribution in [3.8, 4) is 0 Å². The van der Waals surface area contributed by atoms with Crippen LogP contribution in [0.5, 0.6) is 0 Å². The first-order valence-electron chi connectivity index (χ1n) is 8.00. The minimum atomic E-state index is -4.43. The number of hydrogen-bond acceptors (Lipinski definition) is 3. The van der Waals surface area contributed by atoms with Crippen molar-refractivity contribution in [1.82, 2.24) is 0 Å². The van der Waals surface area contributed by atoms with E-state index in [0.29, 0.717) is 12.0 Å². The van der Waals surface area contributed by atoms with Crippen LogP contribution < -0.4 is 29.6 Å². The summed E-state index contributed by atoms with van der Waals surface area (Å²) in [6.07, 6.45) is 7.49. The molecule has 0 N–H and O–H groups in total. The van der Waals surface area contributed by atoms with Crippen LogP contribution in [-0.2, 0) is 16.5 Å². The third-order valence-electron chi connectivity index (χ3n) is 4.00. The molecule has 0 aromatic heterocycles. The van der Waals surface area contributed by atoms with Crippen molar-refractivity contribution in [1.29, 1.82) is 0 Å². The molecule has 0 saturated carbocycles. The first-order valence-corrected chi connectivity index (χ1v) is 9.41. The number of unbranched alkanes of at least 4 members (excludes halogenated alkanes) is 5. The second kappa shape index (κ2) is 9.80. The molecule has 0 spiro atoms. The van der Waals surface area contributed by atoms with Gasteiger partial charge in [0.15, 0.2) is 0 Å². The summed E-state index contributed by atoms with van der Waals surface area (Å²) in [6, 6.07) is 10.9. The van der Waals surface area contributed by atoms with Gasteiger partial charge in [0.05, 0.1) is 4.90 Å². The molecule has 2 aromatic carbocycles. The van der Waals surface area contributed by atoms with Gasteiger partial charge < -0.3 is 4.55 Å². The number of fused-ring (bicyclic) bond motifs is 1. The van der Waals surface area contributed by atoms with Crippen molar-refractivity contribution in [3.63, 3.8) is 0 Å². The Kier molecular flexibility index (Phi) is 8.80. The Morgan fingerprint density at radius 2 is 1.48 bits per heavy atom. The van der Waals surface area contributed by atoms with E-state index in [-0.39, 0.29) is 34.5 Å². The van der Waals surface area contributed by atoms with E-state index in [1.54, 1.807) is 0 Å². The average molecular weight is 342 g/mol. The first kappa shape index (κ1) is 20.7. The zero-order valence-electron chi connectivity index (χ0n) is 14.0. The van der Waals surface area contributed by atoms with Gasteiger partial charge in [-0.3, -0.25) is 0 Å². The predicted molar refractivity (Wildman–Crippen MR) is 89.0 cm³/mol. The number of aryl methyl sites for hydroxylation is 1. The monoisotopic (exact) mass is 342 g/mol. The van der Waals surface area contributed by atoms with Crippen molar-refractivity contribution in [2.75, 3.05) is 0 Å². The standard InChI is InChI=1S/C18H24O3S.Na/c1-2-3-4-5-6-7-12-17-13-15-10-8-9-11-16(15)14-18(17)22(19,20)21;/h8-11,13-14H,2-7,12H2,1H3,(H,19,20,21);/q;+1/p-1. The maximum atomic E-state index is 11.5. The molecule has 0 unspecified atom stereocenters. The Morgan fingerprint density at radius 3 is 2.09 bits per heavy atom. The van der Waals surface area contributed by atoms with Crippen molar-refractivity contribution in [2.24, 2.45) is 0 Å². The predicted octanol–water partition coefficient (Wildman–Crippen LogP) is 1.65. The fourth-order valence-electron chi connectivity index (χ4n) is 2.79. The third-order valence-corrected chi connectivity index (χ3v) is 4.92. The molecule has 5 heteroatoms. The second-order valence-electron chi connectivity index (χ2n) is 5.78. The van der Waals surface area contributed by atoms with E-state index in [1.165, 1.54) is 31.7 Å². The molecule has 0 heterocycles. The van der Waals surface area contributed by atoms with Gasteiger partial charge in [0.1, 0.15) is 10.1 Å². The fraction of sp³-hybridized carbons (Fsp3) is 0.444. The minimum Gasteiger partial charge on any atom is -0.744 e. The van der Waals surface area contributed by atoms with Crippen LogP contribution in [0.1, 0.15) is 51.0 Å². The molecule has 120 valence electrons. The van der Waals surface area contributed by atoms with Gasteiger partial charge in [-0.15, -0.1) is 0 Å². The molecule has 0 aliphatic rings. The minimum absolute atomic E-state index is 0. The Balaban J connectivity index is 0.00000264. The SMILES string of the molecule is CCCCCCCCc1cc2ccccc2cc1S(=O)(=O)[O-].[Na+]. The normalized spacial score (nSPS) is 11.4. The molecular weight excluding hydrogens is 319 g/mol. The van der Waals surface area contributed by atoms with E-state index in [1.807, 2.05) is 30.3 Å². The van der Waals surface area contributed by atoms with Crippen LogP contribution in [0.15, 0.2) is 41.3 Å². The van der Waals surface area contributed by atoms with Crippen LogP contribution in [-0.4, -0.2) is 13.0 Å². The molecule has 0 fully saturated rings. The zero-order valence-corrected chi connectivity index (χ0v) is 16.9. The van der Waals surface area contributed by atoms with Gasteiger partial charge in [0, 0.05) is 0 Å². The second-order valence-corrected chi connectivity index (χ2v) is 7.13. The summed E-state index contributed by atoms with van der Waals surface area (Å²) in [7, 11) is -4.43. The summed E-state index contributed by atoms with van der Waals surface area (Å²) in [5.74, 6) is 0. The molecule has 2 rings (SSSR count). The Bertz CT molecular complexity index is 726. The van der Waals surface area contributed by atoms with Crippen LogP contribution in [0, 0.1) is 0 Å². The van der Waals surface area contributed by atoms with Gasteiger partial charge >= 0.3 is 29.6 Å². The molecule has 3 nitrogen and oxygen atoms in total. The van der Waals surface area contributed by atoms with Gasteiger partial charge in [0.2, 0.25) is 0 Å². The molecule has 0 aliphatic heterocycles. The van der Waals surface area contributed by atoms with Crippen molar-refractivity contribution >= 4 is 20.9 Å². The van der Waals surface area contributed by atoms with Gasteiger partial charge in [-0.25, -0.2) is 8.42 Å². The topological polar surface area (TPSA) is 57.2 Å². The van der Waals surface area contributed by atoms with Crippen molar-refractivity contribution in [2.45, 2.75) is 56.8 Å². The Hall–Kier alpha value is -0.390. The van der Waals surface area contributed by atoms with Gasteiger partial charge in [-0.2, -0.15) is 0 Å². The molecule has 0 saturated heterocycles. The fourth-order valence-corrected chi connectivity index (χ4v) is 3.54. The number of hydrogen-bond donors (Lipinski definition) is 0. The van der Waals surface area contributed by atoms with Crippen LogP contribution in [0.25, 0.3) is 10.8 Å². The summed E-state index contributed by atoms with van der Waals surface area (Å²) in [5, 5.41) is 1.78. The van der Waals surface area contributed by atoms with E-state index < -0.39 is 10.1 Å². The quantitative estimate of drug-likeness (QED) is 0.416. The number of rotatable bonds is 8. The molecule has 23 heavy (non-hydrogen) atoms. The average Bonchev–Trinajstić information content (AvgIpc) is 2.49. The summed E-state index contributed by atoms with van der Waals surface area (Å²) >= 11 is 0. The van der Waals surface area contributed by atoms with Crippen LogP contribution in [0.4, 0.5) is 0 Å². The largest absolute Gasteiger partial charge is 1.00 e. The first-order chi connectivity index (χ1) is 10.5. The van der Waals surface area contributed by atoms with Crippen molar-refractivity contribution < 1.29 is 42.5 Å². The molecule has 0 bridgehead atoms. The van der Waals surface area contributed by atoms with Gasteiger partial charge in [-0.05, 0) is 41.3 Å². The molecule has 0 aliphatic carbocycles. The summed E-state index contributed by atoms with van der Waals surface area (Å²) < 4.78 is 34.5. The molecule has 2 aromatic rings. The molecule has 0 amide bonds. The molecular formula is C18H23NaO3S. The van der Waals surface area contributed by atoms with Gasteiger partial charge in [0.25, 0.3) is 0 Å². The number of benzene rings is 2. The summed E-state index contributed by atoms with van der Waals surface area (Å²) in [6.45, 7) is 2.18. The maximum Gasteiger partial charge on any atom is 1.00 e. The van der Waals surface area contributed by atoms with E-state index in [9.17, 15) is 13.0 Å². The van der Waals surface area contributed by atoms with Gasteiger partial charge in [-0.1, -0.05) is 63.3 Å².